The first-order valence-corrected chi connectivity index (χ1v) is 13.3. The normalized spacial score (nSPS) is 15.9. The van der Waals surface area contributed by atoms with Crippen molar-refractivity contribution in [1.29, 1.82) is 0 Å². The van der Waals surface area contributed by atoms with Gasteiger partial charge in [0.15, 0.2) is 0 Å². The number of likely N-dealkylation sites (tertiary alicyclic amines) is 1. The summed E-state index contributed by atoms with van der Waals surface area (Å²) >= 11 is 0. The van der Waals surface area contributed by atoms with Crippen LogP contribution in [0.2, 0.25) is 0 Å². The summed E-state index contributed by atoms with van der Waals surface area (Å²) in [7, 11) is 0. The number of hydrogen-bond acceptors (Lipinski definition) is 5. The number of carbonyl (C=O) groups excluding carboxylic acids is 1. The fourth-order valence-corrected chi connectivity index (χ4v) is 5.94. The number of nitrogens with zero attached hydrogens (tertiary/aromatic N) is 4. The third kappa shape index (κ3) is 4.42. The number of rotatable bonds is 5. The Morgan fingerprint density at radius 1 is 1.10 bits per heavy atom. The van der Waals surface area contributed by atoms with Crippen molar-refractivity contribution < 1.29 is 9.53 Å². The number of para-hydroxylation sites is 1. The van der Waals surface area contributed by atoms with E-state index in [1.165, 1.54) is 12.4 Å². The van der Waals surface area contributed by atoms with Crippen LogP contribution in [0, 0.1) is 23.2 Å². The number of aromatic nitrogens is 3. The largest absolute Gasteiger partial charge is 0.457 e. The van der Waals surface area contributed by atoms with Crippen molar-refractivity contribution in [2.75, 3.05) is 18.8 Å². The molecule has 39 heavy (non-hydrogen) atoms. The standard InChI is InChI=1S/C32H31N5O2/c1-4-27(38)36-18-32(19-36)16-22(17-32)10-15-26-28(29-30(33)34-20-35-31(29)37(26)21(2)3)23-11-13-25(14-12-23)39-24-8-6-5-7-9-24/h4-9,11-14,20-22H,1,16-19H2,2-3H3,(H2,33,34,35). The van der Waals surface area contributed by atoms with Gasteiger partial charge in [-0.3, -0.25) is 4.79 Å². The van der Waals surface area contributed by atoms with E-state index < -0.39 is 0 Å². The lowest BCUT2D eigenvalue weighted by molar-refractivity contribution is -0.147. The van der Waals surface area contributed by atoms with E-state index in [9.17, 15) is 4.79 Å². The highest BCUT2D eigenvalue weighted by Gasteiger charge is 2.52. The van der Waals surface area contributed by atoms with Gasteiger partial charge in [-0.1, -0.05) is 42.8 Å². The SMILES string of the molecule is C=CC(=O)N1CC2(CC(C#Cc3c(-c4ccc(Oc5ccccc5)cc4)c4c(N)ncnc4n3C(C)C)C2)C1. The number of ether oxygens (including phenoxy) is 1. The average Bonchev–Trinajstić information content (AvgIpc) is 3.23. The molecule has 6 rings (SSSR count). The minimum atomic E-state index is 0.0140. The first kappa shape index (κ1) is 24.7. The molecule has 2 aromatic heterocycles. The molecule has 1 aliphatic carbocycles. The summed E-state index contributed by atoms with van der Waals surface area (Å²) in [5, 5.41) is 0.815. The van der Waals surface area contributed by atoms with E-state index in [0.717, 1.165) is 65.3 Å². The number of hydrogen-bond donors (Lipinski definition) is 1. The number of anilines is 1. The highest BCUT2D eigenvalue weighted by Crippen LogP contribution is 2.51. The van der Waals surface area contributed by atoms with Gasteiger partial charge in [0.1, 0.15) is 35.0 Å². The Balaban J connectivity index is 1.34. The van der Waals surface area contributed by atoms with E-state index in [2.05, 4.69) is 46.8 Å². The second-order valence-electron chi connectivity index (χ2n) is 10.9. The smallest absolute Gasteiger partial charge is 0.245 e. The minimum Gasteiger partial charge on any atom is -0.457 e. The zero-order valence-electron chi connectivity index (χ0n) is 22.2. The van der Waals surface area contributed by atoms with Crippen LogP contribution in [0.25, 0.3) is 22.2 Å². The maximum atomic E-state index is 11.9. The highest BCUT2D eigenvalue weighted by atomic mass is 16.5. The molecule has 0 unspecified atom stereocenters. The molecule has 2 aliphatic rings. The number of nitrogen functional groups attached to an aromatic ring is 1. The van der Waals surface area contributed by atoms with Gasteiger partial charge in [0, 0.05) is 36.0 Å². The van der Waals surface area contributed by atoms with E-state index in [1.54, 1.807) is 0 Å². The molecule has 196 valence electrons. The van der Waals surface area contributed by atoms with Gasteiger partial charge >= 0.3 is 0 Å². The minimum absolute atomic E-state index is 0.0140. The summed E-state index contributed by atoms with van der Waals surface area (Å²) in [6.45, 7) is 9.45. The molecule has 1 spiro atoms. The number of fused-ring (bicyclic) bond motifs is 1. The van der Waals surface area contributed by atoms with E-state index in [4.69, 9.17) is 10.5 Å². The molecule has 0 radical (unpaired) electrons. The van der Waals surface area contributed by atoms with Crippen molar-refractivity contribution in [2.45, 2.75) is 32.7 Å². The number of carbonyl (C=O) groups is 1. The van der Waals surface area contributed by atoms with Gasteiger partial charge in [-0.25, -0.2) is 9.97 Å². The third-order valence-corrected chi connectivity index (χ3v) is 7.74. The van der Waals surface area contributed by atoms with Crippen LogP contribution in [0.1, 0.15) is 38.4 Å². The van der Waals surface area contributed by atoms with E-state index in [1.807, 2.05) is 59.5 Å². The summed E-state index contributed by atoms with van der Waals surface area (Å²) in [5.41, 5.74) is 10.2. The molecule has 2 N–H and O–H groups in total. The van der Waals surface area contributed by atoms with Crippen LogP contribution < -0.4 is 10.5 Å². The van der Waals surface area contributed by atoms with Crippen molar-refractivity contribution >= 4 is 22.8 Å². The molecule has 4 aromatic rings. The van der Waals surface area contributed by atoms with Crippen molar-refractivity contribution in [1.82, 2.24) is 19.4 Å². The molecule has 2 aromatic carbocycles. The van der Waals surface area contributed by atoms with Gasteiger partial charge in [0.05, 0.1) is 5.39 Å². The lowest BCUT2D eigenvalue weighted by Crippen LogP contribution is -2.63. The predicted molar refractivity (Wildman–Crippen MR) is 153 cm³/mol. The maximum absolute atomic E-state index is 11.9. The topological polar surface area (TPSA) is 86.3 Å². The average molecular weight is 518 g/mol. The van der Waals surface area contributed by atoms with Crippen molar-refractivity contribution in [3.05, 3.63) is 79.3 Å². The fourth-order valence-electron chi connectivity index (χ4n) is 5.94. The van der Waals surface area contributed by atoms with Gasteiger partial charge < -0.3 is 19.9 Å². The van der Waals surface area contributed by atoms with Crippen molar-refractivity contribution in [3.8, 4) is 34.5 Å². The molecular weight excluding hydrogens is 486 g/mol. The fraction of sp³-hybridized carbons (Fsp3) is 0.281. The zero-order chi connectivity index (χ0) is 27.1. The lowest BCUT2D eigenvalue weighted by Gasteiger charge is -2.57. The summed E-state index contributed by atoms with van der Waals surface area (Å²) in [5.74, 6) is 9.34. The van der Waals surface area contributed by atoms with Crippen LogP contribution in [-0.4, -0.2) is 38.4 Å². The first-order chi connectivity index (χ1) is 18.9. The molecule has 1 amide bonds. The summed E-state index contributed by atoms with van der Waals surface area (Å²) in [4.78, 5) is 22.6. The molecule has 1 saturated heterocycles. The van der Waals surface area contributed by atoms with Crippen LogP contribution in [0.5, 0.6) is 11.5 Å². The second kappa shape index (κ2) is 9.63. The summed E-state index contributed by atoms with van der Waals surface area (Å²) in [6.07, 6.45) is 4.91. The number of amides is 1. The monoisotopic (exact) mass is 517 g/mol. The van der Waals surface area contributed by atoms with E-state index in [-0.39, 0.29) is 17.4 Å². The van der Waals surface area contributed by atoms with Crippen molar-refractivity contribution in [2.24, 2.45) is 11.3 Å². The Hall–Kier alpha value is -4.57. The van der Waals surface area contributed by atoms with Crippen molar-refractivity contribution in [3.63, 3.8) is 0 Å². The molecule has 1 saturated carbocycles. The molecule has 3 heterocycles. The molecular formula is C32H31N5O2. The van der Waals surface area contributed by atoms with Crippen LogP contribution in [-0.2, 0) is 4.79 Å². The molecule has 0 bridgehead atoms. The Bertz CT molecular complexity index is 1610. The summed E-state index contributed by atoms with van der Waals surface area (Å²) < 4.78 is 8.17. The molecule has 1 aliphatic heterocycles. The van der Waals surface area contributed by atoms with Crippen LogP contribution in [0.3, 0.4) is 0 Å². The number of benzene rings is 2. The van der Waals surface area contributed by atoms with Gasteiger partial charge in [0.2, 0.25) is 5.91 Å². The Kier molecular flexibility index (Phi) is 6.11. The Morgan fingerprint density at radius 3 is 2.46 bits per heavy atom. The predicted octanol–water partition coefficient (Wildman–Crippen LogP) is 5.83. The molecule has 0 atom stereocenters. The Labute approximate surface area is 228 Å². The molecule has 7 nitrogen and oxygen atoms in total. The first-order valence-electron chi connectivity index (χ1n) is 13.3. The summed E-state index contributed by atoms with van der Waals surface area (Å²) in [6, 6.07) is 17.8. The van der Waals surface area contributed by atoms with Crippen LogP contribution >= 0.6 is 0 Å². The van der Waals surface area contributed by atoms with Crippen LogP contribution in [0.4, 0.5) is 5.82 Å². The number of nitrogens with two attached hydrogens (primary N) is 1. The van der Waals surface area contributed by atoms with Gasteiger partial charge in [-0.2, -0.15) is 0 Å². The third-order valence-electron chi connectivity index (χ3n) is 7.74. The zero-order valence-corrected chi connectivity index (χ0v) is 22.2. The molecule has 2 fully saturated rings. The Morgan fingerprint density at radius 2 is 1.79 bits per heavy atom. The molecule has 7 heteroatoms. The van der Waals surface area contributed by atoms with Gasteiger partial charge in [-0.15, -0.1) is 0 Å². The highest BCUT2D eigenvalue weighted by molar-refractivity contribution is 6.03. The van der Waals surface area contributed by atoms with Gasteiger partial charge in [0.25, 0.3) is 0 Å². The van der Waals surface area contributed by atoms with E-state index >= 15 is 0 Å². The maximum Gasteiger partial charge on any atom is 0.245 e. The van der Waals surface area contributed by atoms with Gasteiger partial charge in [-0.05, 0) is 68.5 Å². The lowest BCUT2D eigenvalue weighted by atomic mass is 9.58. The second-order valence-corrected chi connectivity index (χ2v) is 10.9. The van der Waals surface area contributed by atoms with Crippen LogP contribution in [0.15, 0.2) is 73.6 Å². The van der Waals surface area contributed by atoms with E-state index in [0.29, 0.717) is 11.7 Å². The quantitative estimate of drug-likeness (QED) is 0.266.